The Hall–Kier alpha value is -1.10. The van der Waals surface area contributed by atoms with E-state index in [0.717, 1.165) is 25.7 Å². The molecule has 1 fully saturated rings. The lowest BCUT2D eigenvalue weighted by Crippen LogP contribution is -2.43. The van der Waals surface area contributed by atoms with Crippen LogP contribution < -0.4 is 5.32 Å². The predicted octanol–water partition coefficient (Wildman–Crippen LogP) is 1.56. The summed E-state index contributed by atoms with van der Waals surface area (Å²) < 4.78 is 5.13. The molecule has 2 N–H and O–H groups in total. The van der Waals surface area contributed by atoms with Crippen LogP contribution in [0, 0.1) is 5.92 Å². The molecule has 0 unspecified atom stereocenters. The molecule has 0 aromatic rings. The molecule has 2 atom stereocenters. The van der Waals surface area contributed by atoms with Gasteiger partial charge in [0.1, 0.15) is 6.04 Å². The van der Waals surface area contributed by atoms with E-state index in [1.807, 2.05) is 0 Å². The third-order valence-electron chi connectivity index (χ3n) is 3.26. The highest BCUT2D eigenvalue weighted by Crippen LogP contribution is 2.13. The largest absolute Gasteiger partial charge is 0.480 e. The van der Waals surface area contributed by atoms with Crippen molar-refractivity contribution >= 4 is 11.9 Å². The summed E-state index contributed by atoms with van der Waals surface area (Å²) in [4.78, 5) is 22.9. The first kappa shape index (κ1) is 15.0. The van der Waals surface area contributed by atoms with Crippen LogP contribution in [0.3, 0.4) is 0 Å². The van der Waals surface area contributed by atoms with E-state index in [-0.39, 0.29) is 11.8 Å². The smallest absolute Gasteiger partial charge is 0.326 e. The number of aliphatic carboxylic acids is 1. The van der Waals surface area contributed by atoms with E-state index in [0.29, 0.717) is 26.1 Å². The first-order valence-corrected chi connectivity index (χ1v) is 6.76. The molecule has 0 radical (unpaired) electrons. The maximum absolute atomic E-state index is 11.8. The second-order valence-corrected chi connectivity index (χ2v) is 4.81. The van der Waals surface area contributed by atoms with Crippen LogP contribution in [0.25, 0.3) is 0 Å². The van der Waals surface area contributed by atoms with Crippen LogP contribution in [0.5, 0.6) is 0 Å². The Morgan fingerprint density at radius 1 is 1.39 bits per heavy atom. The first-order chi connectivity index (χ1) is 8.65. The van der Waals surface area contributed by atoms with Gasteiger partial charge in [-0.2, -0.15) is 0 Å². The standard InChI is InChI=1S/C13H23NO4/c1-2-3-4-5-6-11(13(16)17)14-12(15)10-7-8-18-9-10/h10-11H,2-9H2,1H3,(H,14,15)(H,16,17)/t10-,11-/m0/s1. The number of hydrogen-bond acceptors (Lipinski definition) is 3. The minimum absolute atomic E-state index is 0.178. The average Bonchev–Trinajstić information content (AvgIpc) is 2.86. The first-order valence-electron chi connectivity index (χ1n) is 6.76. The van der Waals surface area contributed by atoms with Gasteiger partial charge in [0.25, 0.3) is 0 Å². The van der Waals surface area contributed by atoms with Crippen molar-refractivity contribution in [2.75, 3.05) is 13.2 Å². The minimum Gasteiger partial charge on any atom is -0.480 e. The molecule has 0 aliphatic carbocycles. The number of carboxylic acids is 1. The van der Waals surface area contributed by atoms with Crippen LogP contribution in [0.2, 0.25) is 0 Å². The normalized spacial score (nSPS) is 20.6. The van der Waals surface area contributed by atoms with Gasteiger partial charge >= 0.3 is 5.97 Å². The molecular formula is C13H23NO4. The summed E-state index contributed by atoms with van der Waals surface area (Å²) in [6.07, 6.45) is 5.28. The van der Waals surface area contributed by atoms with Crippen LogP contribution in [0.4, 0.5) is 0 Å². The molecule has 0 aromatic heterocycles. The van der Waals surface area contributed by atoms with Gasteiger partial charge in [0, 0.05) is 6.61 Å². The van der Waals surface area contributed by atoms with Crippen molar-refractivity contribution in [2.24, 2.45) is 5.92 Å². The number of nitrogens with one attached hydrogen (secondary N) is 1. The number of ether oxygens (including phenoxy) is 1. The molecule has 5 heteroatoms. The van der Waals surface area contributed by atoms with Gasteiger partial charge in [0.2, 0.25) is 5.91 Å². The quantitative estimate of drug-likeness (QED) is 0.647. The summed E-state index contributed by atoms with van der Waals surface area (Å²) in [6.45, 7) is 3.11. The van der Waals surface area contributed by atoms with Crippen molar-refractivity contribution in [2.45, 2.75) is 51.5 Å². The fourth-order valence-electron chi connectivity index (χ4n) is 2.06. The number of amides is 1. The molecule has 104 valence electrons. The predicted molar refractivity (Wildman–Crippen MR) is 67.3 cm³/mol. The van der Waals surface area contributed by atoms with Gasteiger partial charge in [-0.15, -0.1) is 0 Å². The van der Waals surface area contributed by atoms with Crippen molar-refractivity contribution < 1.29 is 19.4 Å². The molecule has 5 nitrogen and oxygen atoms in total. The van der Waals surface area contributed by atoms with Gasteiger partial charge in [-0.25, -0.2) is 4.79 Å². The van der Waals surface area contributed by atoms with E-state index in [1.54, 1.807) is 0 Å². The minimum atomic E-state index is -0.946. The Bertz CT molecular complexity index is 274. The maximum atomic E-state index is 11.8. The van der Waals surface area contributed by atoms with Crippen molar-refractivity contribution in [1.29, 1.82) is 0 Å². The monoisotopic (exact) mass is 257 g/mol. The Balaban J connectivity index is 2.32. The van der Waals surface area contributed by atoms with Crippen LogP contribution in [-0.2, 0) is 14.3 Å². The zero-order valence-corrected chi connectivity index (χ0v) is 11.0. The average molecular weight is 257 g/mol. The molecule has 0 aromatic carbocycles. The molecule has 0 bridgehead atoms. The molecule has 1 amide bonds. The Labute approximate surface area is 108 Å². The second kappa shape index (κ2) is 8.08. The van der Waals surface area contributed by atoms with Crippen molar-refractivity contribution in [3.8, 4) is 0 Å². The van der Waals surface area contributed by atoms with E-state index < -0.39 is 12.0 Å². The summed E-state index contributed by atoms with van der Waals surface area (Å²) in [5, 5.41) is 11.7. The molecule has 1 saturated heterocycles. The van der Waals surface area contributed by atoms with Crippen molar-refractivity contribution in [3.63, 3.8) is 0 Å². The van der Waals surface area contributed by atoms with E-state index >= 15 is 0 Å². The molecule has 0 saturated carbocycles. The summed E-state index contributed by atoms with van der Waals surface area (Å²) >= 11 is 0. The van der Waals surface area contributed by atoms with Gasteiger partial charge in [-0.1, -0.05) is 32.6 Å². The molecule has 0 spiro atoms. The third-order valence-corrected chi connectivity index (χ3v) is 3.26. The second-order valence-electron chi connectivity index (χ2n) is 4.81. The Morgan fingerprint density at radius 3 is 2.72 bits per heavy atom. The highest BCUT2D eigenvalue weighted by atomic mass is 16.5. The van der Waals surface area contributed by atoms with Crippen LogP contribution in [0.1, 0.15) is 45.4 Å². The van der Waals surface area contributed by atoms with E-state index in [1.165, 1.54) is 0 Å². The summed E-state index contributed by atoms with van der Waals surface area (Å²) in [7, 11) is 0. The van der Waals surface area contributed by atoms with Gasteiger partial charge in [-0.3, -0.25) is 4.79 Å². The zero-order valence-electron chi connectivity index (χ0n) is 11.0. The van der Waals surface area contributed by atoms with Crippen LogP contribution in [0.15, 0.2) is 0 Å². The summed E-state index contributed by atoms with van der Waals surface area (Å²) in [6, 6.07) is -0.755. The Kier molecular flexibility index (Phi) is 6.72. The SMILES string of the molecule is CCCCCC[C@H](NC(=O)[C@H]1CCOC1)C(=O)O. The summed E-state index contributed by atoms with van der Waals surface area (Å²) in [5.41, 5.74) is 0. The zero-order chi connectivity index (χ0) is 13.4. The topological polar surface area (TPSA) is 75.6 Å². The number of unbranched alkanes of at least 4 members (excludes halogenated alkanes) is 3. The number of carbonyl (C=O) groups is 2. The fourth-order valence-corrected chi connectivity index (χ4v) is 2.06. The van der Waals surface area contributed by atoms with Gasteiger partial charge < -0.3 is 15.2 Å². The molecule has 1 aliphatic heterocycles. The lowest BCUT2D eigenvalue weighted by atomic mass is 10.0. The maximum Gasteiger partial charge on any atom is 0.326 e. The van der Waals surface area contributed by atoms with Gasteiger partial charge in [-0.05, 0) is 12.8 Å². The number of hydrogen-bond donors (Lipinski definition) is 2. The number of carbonyl (C=O) groups excluding carboxylic acids is 1. The van der Waals surface area contributed by atoms with Gasteiger partial charge in [0.05, 0.1) is 12.5 Å². The molecule has 18 heavy (non-hydrogen) atoms. The van der Waals surface area contributed by atoms with Crippen LogP contribution in [-0.4, -0.2) is 36.2 Å². The fraction of sp³-hybridized carbons (Fsp3) is 0.846. The molecule has 1 aliphatic rings. The Morgan fingerprint density at radius 2 is 2.17 bits per heavy atom. The highest BCUT2D eigenvalue weighted by molar-refractivity contribution is 5.85. The van der Waals surface area contributed by atoms with E-state index in [2.05, 4.69) is 12.2 Å². The van der Waals surface area contributed by atoms with Crippen molar-refractivity contribution in [3.05, 3.63) is 0 Å². The van der Waals surface area contributed by atoms with Crippen LogP contribution >= 0.6 is 0 Å². The number of carboxylic acid groups (broad SMARTS) is 1. The van der Waals surface area contributed by atoms with Crippen molar-refractivity contribution in [1.82, 2.24) is 5.32 Å². The third kappa shape index (κ3) is 5.04. The summed E-state index contributed by atoms with van der Waals surface area (Å²) in [5.74, 6) is -1.31. The molecule has 1 rings (SSSR count). The molecule has 1 heterocycles. The lowest BCUT2D eigenvalue weighted by molar-refractivity contribution is -0.142. The lowest BCUT2D eigenvalue weighted by Gasteiger charge is -2.16. The van der Waals surface area contributed by atoms with Gasteiger partial charge in [0.15, 0.2) is 0 Å². The molecular weight excluding hydrogens is 234 g/mol. The van der Waals surface area contributed by atoms with E-state index in [4.69, 9.17) is 9.84 Å². The number of rotatable bonds is 8. The highest BCUT2D eigenvalue weighted by Gasteiger charge is 2.27. The van der Waals surface area contributed by atoms with E-state index in [9.17, 15) is 9.59 Å².